The highest BCUT2D eigenvalue weighted by molar-refractivity contribution is 5.48. The Morgan fingerprint density at radius 2 is 1.44 bits per heavy atom. The minimum absolute atomic E-state index is 1.31. The van der Waals surface area contributed by atoms with Crippen LogP contribution in [0.5, 0.6) is 0 Å². The van der Waals surface area contributed by atoms with Crippen LogP contribution < -0.4 is 0 Å². The highest BCUT2D eigenvalue weighted by atomic mass is 14.1. The summed E-state index contributed by atoms with van der Waals surface area (Å²) in [4.78, 5) is 0. The fourth-order valence-corrected chi connectivity index (χ4v) is 1.95. The first-order valence-corrected chi connectivity index (χ1v) is 5.65. The van der Waals surface area contributed by atoms with Crippen LogP contribution >= 0.6 is 0 Å². The second kappa shape index (κ2) is 4.52. The van der Waals surface area contributed by atoms with Crippen LogP contribution in [0.2, 0.25) is 0 Å². The van der Waals surface area contributed by atoms with Gasteiger partial charge in [0.2, 0.25) is 0 Å². The van der Waals surface area contributed by atoms with Crippen LogP contribution in [0.4, 0.5) is 0 Å². The first kappa shape index (κ1) is 10.9. The Labute approximate surface area is 97.9 Å². The predicted molar refractivity (Wildman–Crippen MR) is 69.5 cm³/mol. The number of benzene rings is 2. The molecule has 0 heteroatoms. The third-order valence-electron chi connectivity index (χ3n) is 3.03. The van der Waals surface area contributed by atoms with Gasteiger partial charge in [0.15, 0.2) is 0 Å². The third kappa shape index (κ3) is 2.16. The molecule has 2 aromatic rings. The molecule has 0 aliphatic carbocycles. The Morgan fingerprint density at radius 3 is 2.06 bits per heavy atom. The van der Waals surface area contributed by atoms with Gasteiger partial charge in [-0.15, -0.1) is 0 Å². The average Bonchev–Trinajstić information content (AvgIpc) is 2.30. The van der Waals surface area contributed by atoms with Crippen molar-refractivity contribution in [2.75, 3.05) is 0 Å². The van der Waals surface area contributed by atoms with Gasteiger partial charge in [-0.3, -0.25) is 0 Å². The zero-order valence-corrected chi connectivity index (χ0v) is 10.1. The zero-order chi connectivity index (χ0) is 11.5. The largest absolute Gasteiger partial charge is 0.0620 e. The maximum atomic E-state index is 2.19. The highest BCUT2D eigenvalue weighted by Gasteiger charge is 2.10. The summed E-state index contributed by atoms with van der Waals surface area (Å²) in [5.74, 6) is 1.35. The lowest BCUT2D eigenvalue weighted by molar-refractivity contribution is 1.16. The van der Waals surface area contributed by atoms with Crippen LogP contribution in [0, 0.1) is 19.8 Å². The summed E-state index contributed by atoms with van der Waals surface area (Å²) in [6.45, 7) is 6.47. The molecule has 0 aliphatic heterocycles. The van der Waals surface area contributed by atoms with Gasteiger partial charge in [0.05, 0.1) is 0 Å². The fourth-order valence-electron chi connectivity index (χ4n) is 1.95. The molecule has 0 unspecified atom stereocenters. The smallest absolute Gasteiger partial charge is 0.0311 e. The highest BCUT2D eigenvalue weighted by Crippen LogP contribution is 2.25. The number of aryl methyl sites for hydroxylation is 2. The maximum absolute atomic E-state index is 2.19. The van der Waals surface area contributed by atoms with Gasteiger partial charge in [-0.2, -0.15) is 0 Å². The van der Waals surface area contributed by atoms with Crippen molar-refractivity contribution >= 4 is 0 Å². The molecule has 1 radical (unpaired) electrons. The third-order valence-corrected chi connectivity index (χ3v) is 3.03. The van der Waals surface area contributed by atoms with E-state index in [1.54, 1.807) is 0 Å². The minimum Gasteiger partial charge on any atom is -0.0620 e. The fraction of sp³-hybridized carbons (Fsp3) is 0.188. The molecular formula is C16H17. The summed E-state index contributed by atoms with van der Waals surface area (Å²) in [7, 11) is 0. The molecular weight excluding hydrogens is 192 g/mol. The van der Waals surface area contributed by atoms with Crippen molar-refractivity contribution in [3.8, 4) is 0 Å². The maximum Gasteiger partial charge on any atom is 0.0311 e. The van der Waals surface area contributed by atoms with Crippen LogP contribution in [-0.4, -0.2) is 0 Å². The first-order valence-electron chi connectivity index (χ1n) is 5.65. The Kier molecular flexibility index (Phi) is 3.09. The first-order chi connectivity index (χ1) is 7.68. The summed E-state index contributed by atoms with van der Waals surface area (Å²) >= 11 is 0. The van der Waals surface area contributed by atoms with Crippen molar-refractivity contribution in [3.63, 3.8) is 0 Å². The lowest BCUT2D eigenvalue weighted by Crippen LogP contribution is -1.99. The van der Waals surface area contributed by atoms with E-state index >= 15 is 0 Å². The van der Waals surface area contributed by atoms with Gasteiger partial charge in [-0.05, 0) is 30.5 Å². The standard InChI is InChI=1S/C16H17/c1-12-8-10-15(11-9-12)14(3)16-7-5-4-6-13(16)2/h4-11H,1-3H3. The molecule has 0 atom stereocenters. The van der Waals surface area contributed by atoms with Crippen LogP contribution in [-0.2, 0) is 0 Å². The number of hydrogen-bond acceptors (Lipinski definition) is 0. The molecule has 0 fully saturated rings. The molecule has 0 amide bonds. The van der Waals surface area contributed by atoms with Crippen LogP contribution in [0.25, 0.3) is 0 Å². The summed E-state index contributed by atoms with van der Waals surface area (Å²) < 4.78 is 0. The summed E-state index contributed by atoms with van der Waals surface area (Å²) in [5.41, 5.74) is 5.29. The molecule has 0 saturated heterocycles. The van der Waals surface area contributed by atoms with Gasteiger partial charge in [0, 0.05) is 5.92 Å². The van der Waals surface area contributed by atoms with Crippen molar-refractivity contribution in [3.05, 3.63) is 76.7 Å². The van der Waals surface area contributed by atoms with Gasteiger partial charge in [-0.1, -0.05) is 61.0 Å². The molecule has 16 heavy (non-hydrogen) atoms. The van der Waals surface area contributed by atoms with E-state index in [0.717, 1.165) is 0 Å². The van der Waals surface area contributed by atoms with Gasteiger partial charge >= 0.3 is 0 Å². The average molecular weight is 209 g/mol. The second-order valence-electron chi connectivity index (χ2n) is 4.31. The van der Waals surface area contributed by atoms with E-state index in [4.69, 9.17) is 0 Å². The topological polar surface area (TPSA) is 0 Å². The predicted octanol–water partition coefficient (Wildman–Crippen LogP) is 4.29. The SMILES string of the molecule is C[C](c1ccc(C)cc1)c1ccccc1C. The molecule has 0 bridgehead atoms. The van der Waals surface area contributed by atoms with Gasteiger partial charge in [0.25, 0.3) is 0 Å². The van der Waals surface area contributed by atoms with E-state index in [2.05, 4.69) is 69.3 Å². The molecule has 0 heterocycles. The Bertz CT molecular complexity index is 466. The summed E-state index contributed by atoms with van der Waals surface area (Å²) in [5, 5.41) is 0. The molecule has 0 aromatic heterocycles. The second-order valence-corrected chi connectivity index (χ2v) is 4.31. The number of rotatable bonds is 2. The molecule has 0 nitrogen and oxygen atoms in total. The van der Waals surface area contributed by atoms with Crippen molar-refractivity contribution in [2.45, 2.75) is 20.8 Å². The van der Waals surface area contributed by atoms with Gasteiger partial charge < -0.3 is 0 Å². The molecule has 0 saturated carbocycles. The van der Waals surface area contributed by atoms with Crippen LogP contribution in [0.1, 0.15) is 29.2 Å². The normalized spacial score (nSPS) is 10.8. The molecule has 2 aromatic carbocycles. The van der Waals surface area contributed by atoms with Crippen LogP contribution in [0.15, 0.2) is 48.5 Å². The molecule has 0 aliphatic rings. The lowest BCUT2D eigenvalue weighted by atomic mass is 9.90. The molecule has 0 N–H and O–H groups in total. The lowest BCUT2D eigenvalue weighted by Gasteiger charge is -2.14. The summed E-state index contributed by atoms with van der Waals surface area (Å²) in [6, 6.07) is 17.2. The van der Waals surface area contributed by atoms with Crippen molar-refractivity contribution < 1.29 is 0 Å². The van der Waals surface area contributed by atoms with E-state index in [1.807, 2.05) is 0 Å². The Balaban J connectivity index is 2.35. The quantitative estimate of drug-likeness (QED) is 0.692. The van der Waals surface area contributed by atoms with Crippen LogP contribution in [0.3, 0.4) is 0 Å². The monoisotopic (exact) mass is 209 g/mol. The van der Waals surface area contributed by atoms with E-state index in [-0.39, 0.29) is 0 Å². The van der Waals surface area contributed by atoms with E-state index in [9.17, 15) is 0 Å². The van der Waals surface area contributed by atoms with Gasteiger partial charge in [-0.25, -0.2) is 0 Å². The van der Waals surface area contributed by atoms with Crippen molar-refractivity contribution in [1.29, 1.82) is 0 Å². The minimum atomic E-state index is 1.31. The van der Waals surface area contributed by atoms with E-state index in [1.165, 1.54) is 28.2 Å². The van der Waals surface area contributed by atoms with E-state index < -0.39 is 0 Å². The number of hydrogen-bond donors (Lipinski definition) is 0. The van der Waals surface area contributed by atoms with E-state index in [0.29, 0.717) is 0 Å². The van der Waals surface area contributed by atoms with Gasteiger partial charge in [0.1, 0.15) is 0 Å². The van der Waals surface area contributed by atoms with Crippen molar-refractivity contribution in [2.24, 2.45) is 0 Å². The molecule has 0 spiro atoms. The zero-order valence-electron chi connectivity index (χ0n) is 10.1. The summed E-state index contributed by atoms with van der Waals surface area (Å²) in [6.07, 6.45) is 0. The Morgan fingerprint density at radius 1 is 0.812 bits per heavy atom. The molecule has 2 rings (SSSR count). The Hall–Kier alpha value is -1.56. The molecule has 81 valence electrons. The van der Waals surface area contributed by atoms with Crippen molar-refractivity contribution in [1.82, 2.24) is 0 Å².